The summed E-state index contributed by atoms with van der Waals surface area (Å²) < 4.78 is 5.85. The van der Waals surface area contributed by atoms with Crippen molar-refractivity contribution in [2.24, 2.45) is 0 Å². The Morgan fingerprint density at radius 1 is 1.22 bits per heavy atom. The molecule has 1 aliphatic heterocycles. The maximum Gasteiger partial charge on any atom is 0.224 e. The second kappa shape index (κ2) is 8.26. The predicted octanol–water partition coefficient (Wildman–Crippen LogP) is 3.92. The highest BCUT2D eigenvalue weighted by molar-refractivity contribution is 7.99. The smallest absolute Gasteiger partial charge is 0.224 e. The lowest BCUT2D eigenvalue weighted by Crippen LogP contribution is -2.18. The Morgan fingerprint density at radius 3 is 3.07 bits per heavy atom. The quantitative estimate of drug-likeness (QED) is 0.480. The average molecular weight is 380 g/mol. The van der Waals surface area contributed by atoms with Crippen LogP contribution in [0.5, 0.6) is 5.75 Å². The van der Waals surface area contributed by atoms with E-state index in [2.05, 4.69) is 20.3 Å². The first-order chi connectivity index (χ1) is 13.3. The Morgan fingerprint density at radius 2 is 2.19 bits per heavy atom. The van der Waals surface area contributed by atoms with Gasteiger partial charge in [-0.1, -0.05) is 11.8 Å². The van der Waals surface area contributed by atoms with Crippen LogP contribution in [0.1, 0.15) is 18.4 Å². The number of aromatic nitrogens is 3. The molecule has 0 saturated heterocycles. The zero-order chi connectivity index (χ0) is 18.5. The van der Waals surface area contributed by atoms with Gasteiger partial charge in [-0.15, -0.1) is 0 Å². The summed E-state index contributed by atoms with van der Waals surface area (Å²) in [5, 5.41) is 3.78. The van der Waals surface area contributed by atoms with E-state index >= 15 is 0 Å². The van der Waals surface area contributed by atoms with E-state index in [-0.39, 0.29) is 5.91 Å². The normalized spacial score (nSPS) is 13.1. The number of imidazole rings is 1. The van der Waals surface area contributed by atoms with Gasteiger partial charge >= 0.3 is 0 Å². The number of aromatic amines is 1. The average Bonchev–Trinajstić information content (AvgIpc) is 3.17. The van der Waals surface area contributed by atoms with Crippen LogP contribution in [-0.2, 0) is 11.2 Å². The standard InChI is InChI=1S/C20H20N4O2S/c25-19-7-4-14-11-16(5-6-17(14)23-19)26-9-2-10-27-20-22-13-18(24-20)15-3-1-8-21-12-15/h1,3,5-6,8,11-13H,2,4,7,9-10H2,(H,22,24)(H,23,25). The van der Waals surface area contributed by atoms with Gasteiger partial charge in [-0.05, 0) is 48.7 Å². The maximum atomic E-state index is 11.4. The highest BCUT2D eigenvalue weighted by atomic mass is 32.2. The molecule has 0 aliphatic carbocycles. The summed E-state index contributed by atoms with van der Waals surface area (Å²) in [6, 6.07) is 9.75. The molecule has 138 valence electrons. The van der Waals surface area contributed by atoms with Crippen LogP contribution in [0.4, 0.5) is 5.69 Å². The number of carbonyl (C=O) groups is 1. The van der Waals surface area contributed by atoms with Gasteiger partial charge in [-0.3, -0.25) is 9.78 Å². The molecule has 0 unspecified atom stereocenters. The first-order valence-corrected chi connectivity index (χ1v) is 9.91. The van der Waals surface area contributed by atoms with Crippen molar-refractivity contribution in [1.29, 1.82) is 0 Å². The Balaban J connectivity index is 1.22. The number of hydrogen-bond acceptors (Lipinski definition) is 5. The van der Waals surface area contributed by atoms with Crippen molar-refractivity contribution in [3.8, 4) is 17.0 Å². The number of fused-ring (bicyclic) bond motifs is 1. The number of anilines is 1. The molecule has 3 heterocycles. The van der Waals surface area contributed by atoms with Gasteiger partial charge in [-0.2, -0.15) is 0 Å². The van der Waals surface area contributed by atoms with Gasteiger partial charge in [0.25, 0.3) is 0 Å². The molecule has 0 atom stereocenters. The highest BCUT2D eigenvalue weighted by Gasteiger charge is 2.15. The van der Waals surface area contributed by atoms with E-state index in [9.17, 15) is 4.79 Å². The molecular weight excluding hydrogens is 360 g/mol. The highest BCUT2D eigenvalue weighted by Crippen LogP contribution is 2.27. The van der Waals surface area contributed by atoms with Crippen molar-refractivity contribution in [2.45, 2.75) is 24.4 Å². The lowest BCUT2D eigenvalue weighted by Gasteiger charge is -2.17. The topological polar surface area (TPSA) is 79.9 Å². The molecule has 1 aromatic carbocycles. The van der Waals surface area contributed by atoms with E-state index in [1.807, 2.05) is 42.7 Å². The third-order valence-corrected chi connectivity index (χ3v) is 5.26. The van der Waals surface area contributed by atoms with Crippen LogP contribution in [-0.4, -0.2) is 33.2 Å². The molecule has 0 saturated carbocycles. The zero-order valence-electron chi connectivity index (χ0n) is 14.8. The van der Waals surface area contributed by atoms with Gasteiger partial charge in [0.1, 0.15) is 5.75 Å². The number of benzene rings is 1. The van der Waals surface area contributed by atoms with Gasteiger partial charge in [0, 0.05) is 42.0 Å². The number of nitrogens with zero attached hydrogens (tertiary/aromatic N) is 2. The van der Waals surface area contributed by atoms with E-state index in [4.69, 9.17) is 4.74 Å². The van der Waals surface area contributed by atoms with E-state index < -0.39 is 0 Å². The third-order valence-electron chi connectivity index (χ3n) is 4.28. The van der Waals surface area contributed by atoms with Gasteiger partial charge < -0.3 is 15.0 Å². The predicted molar refractivity (Wildman–Crippen MR) is 106 cm³/mol. The number of aryl methyl sites for hydroxylation is 1. The molecule has 0 spiro atoms. The number of H-pyrrole nitrogens is 1. The maximum absolute atomic E-state index is 11.4. The number of thioether (sulfide) groups is 1. The minimum Gasteiger partial charge on any atom is -0.494 e. The van der Waals surface area contributed by atoms with Crippen molar-refractivity contribution < 1.29 is 9.53 Å². The van der Waals surface area contributed by atoms with Crippen LogP contribution < -0.4 is 10.1 Å². The van der Waals surface area contributed by atoms with Crippen LogP contribution >= 0.6 is 11.8 Å². The fourth-order valence-corrected chi connectivity index (χ4v) is 3.67. The SMILES string of the molecule is O=C1CCc2cc(OCCCSc3nc(-c4cccnc4)c[nH]3)ccc2N1. The fraction of sp³-hybridized carbons (Fsp3) is 0.250. The Bertz CT molecular complexity index is 927. The van der Waals surface area contributed by atoms with Crippen LogP contribution in [0.2, 0.25) is 0 Å². The van der Waals surface area contributed by atoms with Gasteiger partial charge in [0.05, 0.1) is 12.3 Å². The molecule has 0 fully saturated rings. The first-order valence-electron chi connectivity index (χ1n) is 8.92. The molecule has 1 aliphatic rings. The minimum atomic E-state index is 0.0813. The Hall–Kier alpha value is -2.80. The first kappa shape index (κ1) is 17.6. The molecule has 27 heavy (non-hydrogen) atoms. The van der Waals surface area contributed by atoms with Crippen molar-refractivity contribution in [1.82, 2.24) is 15.0 Å². The molecule has 1 amide bonds. The Labute approximate surface area is 161 Å². The van der Waals surface area contributed by atoms with E-state index in [0.717, 1.165) is 52.0 Å². The molecule has 0 radical (unpaired) electrons. The van der Waals surface area contributed by atoms with Crippen molar-refractivity contribution in [3.63, 3.8) is 0 Å². The van der Waals surface area contributed by atoms with E-state index in [0.29, 0.717) is 13.0 Å². The Kier molecular flexibility index (Phi) is 5.39. The molecule has 7 heteroatoms. The second-order valence-electron chi connectivity index (χ2n) is 6.25. The molecule has 2 N–H and O–H groups in total. The number of pyridine rings is 1. The lowest BCUT2D eigenvalue weighted by molar-refractivity contribution is -0.116. The monoisotopic (exact) mass is 380 g/mol. The lowest BCUT2D eigenvalue weighted by atomic mass is 10.0. The zero-order valence-corrected chi connectivity index (χ0v) is 15.6. The third kappa shape index (κ3) is 4.49. The summed E-state index contributed by atoms with van der Waals surface area (Å²) in [6.07, 6.45) is 7.69. The van der Waals surface area contributed by atoms with Crippen LogP contribution in [0, 0.1) is 0 Å². The molecule has 2 aromatic heterocycles. The summed E-state index contributed by atoms with van der Waals surface area (Å²) in [5.74, 6) is 1.85. The fourth-order valence-electron chi connectivity index (χ4n) is 2.91. The van der Waals surface area contributed by atoms with Crippen LogP contribution in [0.3, 0.4) is 0 Å². The second-order valence-corrected chi connectivity index (χ2v) is 7.33. The minimum absolute atomic E-state index is 0.0813. The summed E-state index contributed by atoms with van der Waals surface area (Å²) >= 11 is 1.68. The summed E-state index contributed by atoms with van der Waals surface area (Å²) in [6.45, 7) is 0.647. The molecule has 4 rings (SSSR count). The number of rotatable bonds is 7. The molecule has 0 bridgehead atoms. The van der Waals surface area contributed by atoms with E-state index in [1.54, 1.807) is 18.0 Å². The number of amides is 1. The number of ether oxygens (including phenoxy) is 1. The summed E-state index contributed by atoms with van der Waals surface area (Å²) in [7, 11) is 0. The van der Waals surface area contributed by atoms with Gasteiger partial charge in [0.15, 0.2) is 5.16 Å². The van der Waals surface area contributed by atoms with Gasteiger partial charge in [0.2, 0.25) is 5.91 Å². The van der Waals surface area contributed by atoms with Crippen molar-refractivity contribution in [2.75, 3.05) is 17.7 Å². The molecular formula is C20H20N4O2S. The van der Waals surface area contributed by atoms with Crippen LogP contribution in [0.25, 0.3) is 11.3 Å². The van der Waals surface area contributed by atoms with E-state index in [1.165, 1.54) is 0 Å². The van der Waals surface area contributed by atoms with Crippen LogP contribution in [0.15, 0.2) is 54.1 Å². The van der Waals surface area contributed by atoms with Crippen molar-refractivity contribution >= 4 is 23.4 Å². The molecule has 3 aromatic rings. The number of hydrogen-bond donors (Lipinski definition) is 2. The largest absolute Gasteiger partial charge is 0.494 e. The molecule has 6 nitrogen and oxygen atoms in total. The summed E-state index contributed by atoms with van der Waals surface area (Å²) in [5.41, 5.74) is 3.95. The van der Waals surface area contributed by atoms with Gasteiger partial charge in [-0.25, -0.2) is 4.98 Å². The summed E-state index contributed by atoms with van der Waals surface area (Å²) in [4.78, 5) is 23.3. The number of carbonyl (C=O) groups excluding carboxylic acids is 1. The number of nitrogens with one attached hydrogen (secondary N) is 2. The van der Waals surface area contributed by atoms with Crippen molar-refractivity contribution in [3.05, 3.63) is 54.5 Å².